The highest BCUT2D eigenvalue weighted by Gasteiger charge is 2.31. The summed E-state index contributed by atoms with van der Waals surface area (Å²) in [5.41, 5.74) is 3.85. The number of hydrogen-bond donors (Lipinski definition) is 3. The maximum atomic E-state index is 15.0. The Hall–Kier alpha value is -3.12. The zero-order chi connectivity index (χ0) is 22.6. The Kier molecular flexibility index (Phi) is 5.13. The molecule has 0 spiro atoms. The molecule has 12 heteroatoms. The first-order chi connectivity index (χ1) is 14.6. The minimum Gasteiger partial charge on any atom is -0.477 e. The second-order valence-electron chi connectivity index (χ2n) is 7.02. The lowest BCUT2D eigenvalue weighted by atomic mass is 10.0. The van der Waals surface area contributed by atoms with E-state index in [1.807, 2.05) is 0 Å². The van der Waals surface area contributed by atoms with Gasteiger partial charge in [0.25, 0.3) is 0 Å². The average molecular weight is 498 g/mol. The van der Waals surface area contributed by atoms with Crippen LogP contribution < -0.4 is 21.4 Å². The predicted octanol–water partition coefficient (Wildman–Crippen LogP) is 2.25. The number of carboxylic acids is 1. The molecule has 1 aliphatic heterocycles. The summed E-state index contributed by atoms with van der Waals surface area (Å²) in [6, 6.07) is 1.53. The molecular weight excluding hydrogens is 483 g/mol. The summed E-state index contributed by atoms with van der Waals surface area (Å²) in [6.07, 6.45) is 0.856. The van der Waals surface area contributed by atoms with Crippen LogP contribution in [0.3, 0.4) is 0 Å². The van der Waals surface area contributed by atoms with Gasteiger partial charge in [0.15, 0.2) is 23.3 Å². The van der Waals surface area contributed by atoms with E-state index in [1.165, 1.54) is 0 Å². The number of likely N-dealkylation sites (N-methyl/N-ethyl adjacent to an activating group) is 1. The normalized spacial score (nSPS) is 14.2. The fourth-order valence-electron chi connectivity index (χ4n) is 3.50. The van der Waals surface area contributed by atoms with E-state index in [0.29, 0.717) is 19.2 Å². The van der Waals surface area contributed by atoms with E-state index in [9.17, 15) is 27.9 Å². The molecular formula is C19H15BrF3N5O3. The third-order valence-electron chi connectivity index (χ3n) is 5.16. The standard InChI is InChI=1S/C19H15BrF3N5O3/c1-25-7-4-27(5-7)15-10(21)2-8-14(13(15)20)28(6-9(16(8)29)19(30)31)18-12(23)3-11(22)17(24)26-18/h2-3,6-7,25H,4-5H2,1H3,(H2,24,26)(H,30,31). The first-order valence-corrected chi connectivity index (χ1v) is 9.78. The number of halogens is 4. The number of pyridine rings is 2. The number of aromatic carboxylic acids is 1. The van der Waals surface area contributed by atoms with E-state index < -0.39 is 46.0 Å². The summed E-state index contributed by atoms with van der Waals surface area (Å²) in [4.78, 5) is 29.7. The molecule has 31 heavy (non-hydrogen) atoms. The first-order valence-electron chi connectivity index (χ1n) is 8.98. The number of nitrogens with zero attached hydrogens (tertiary/aromatic N) is 3. The van der Waals surface area contributed by atoms with Crippen LogP contribution in [0.5, 0.6) is 0 Å². The van der Waals surface area contributed by atoms with Crippen molar-refractivity contribution in [3.8, 4) is 5.82 Å². The molecule has 1 fully saturated rings. The van der Waals surface area contributed by atoms with E-state index >= 15 is 0 Å². The van der Waals surface area contributed by atoms with Crippen LogP contribution in [0.25, 0.3) is 16.7 Å². The highest BCUT2D eigenvalue weighted by atomic mass is 79.9. The van der Waals surface area contributed by atoms with Gasteiger partial charge >= 0.3 is 5.97 Å². The molecule has 3 aromatic rings. The summed E-state index contributed by atoms with van der Waals surface area (Å²) in [6.45, 7) is 0.955. The third kappa shape index (κ3) is 3.31. The molecule has 4 rings (SSSR count). The van der Waals surface area contributed by atoms with Gasteiger partial charge in [0, 0.05) is 31.4 Å². The van der Waals surface area contributed by atoms with Gasteiger partial charge in [0.1, 0.15) is 11.4 Å². The Labute approximate surface area is 181 Å². The van der Waals surface area contributed by atoms with Gasteiger partial charge < -0.3 is 21.1 Å². The fourth-order valence-corrected chi connectivity index (χ4v) is 4.34. The number of carboxylic acid groups (broad SMARTS) is 1. The SMILES string of the molecule is CNC1CN(c2c(F)cc3c(=O)c(C(=O)O)cn(-c4nc(N)c(F)cc4F)c3c2Br)C1. The van der Waals surface area contributed by atoms with Crippen LogP contribution in [0.2, 0.25) is 0 Å². The van der Waals surface area contributed by atoms with Gasteiger partial charge in [0.2, 0.25) is 5.43 Å². The van der Waals surface area contributed by atoms with E-state index in [1.54, 1.807) is 11.9 Å². The van der Waals surface area contributed by atoms with Crippen LogP contribution in [0.15, 0.2) is 27.6 Å². The Morgan fingerprint density at radius 2 is 1.94 bits per heavy atom. The number of nitrogens with one attached hydrogen (secondary N) is 1. The van der Waals surface area contributed by atoms with Gasteiger partial charge in [-0.3, -0.25) is 9.36 Å². The number of hydrogen-bond acceptors (Lipinski definition) is 6. The minimum atomic E-state index is -1.60. The Bertz CT molecular complexity index is 1310. The number of anilines is 2. The first kappa shape index (κ1) is 21.1. The number of nitrogen functional groups attached to an aromatic ring is 1. The second kappa shape index (κ2) is 7.54. The van der Waals surface area contributed by atoms with E-state index in [-0.39, 0.29) is 27.1 Å². The molecule has 0 unspecified atom stereocenters. The Balaban J connectivity index is 2.09. The topological polar surface area (TPSA) is 113 Å². The number of fused-ring (bicyclic) bond motifs is 1. The zero-order valence-corrected chi connectivity index (χ0v) is 17.5. The smallest absolute Gasteiger partial charge is 0.341 e. The highest BCUT2D eigenvalue weighted by Crippen LogP contribution is 2.38. The van der Waals surface area contributed by atoms with Gasteiger partial charge in [-0.15, -0.1) is 0 Å². The van der Waals surface area contributed by atoms with Gasteiger partial charge in [-0.05, 0) is 29.0 Å². The zero-order valence-electron chi connectivity index (χ0n) is 15.9. The third-order valence-corrected chi connectivity index (χ3v) is 5.91. The monoisotopic (exact) mass is 497 g/mol. The summed E-state index contributed by atoms with van der Waals surface area (Å²) < 4.78 is 44.3. The van der Waals surface area contributed by atoms with Crippen molar-refractivity contribution in [2.75, 3.05) is 30.8 Å². The van der Waals surface area contributed by atoms with Crippen molar-refractivity contribution >= 4 is 44.3 Å². The van der Waals surface area contributed by atoms with Crippen LogP contribution in [0, 0.1) is 17.5 Å². The molecule has 0 bridgehead atoms. The molecule has 3 heterocycles. The van der Waals surface area contributed by atoms with Crippen LogP contribution in [0.4, 0.5) is 24.7 Å². The maximum absolute atomic E-state index is 15.0. The summed E-state index contributed by atoms with van der Waals surface area (Å²) in [5, 5.41) is 12.2. The molecule has 162 valence electrons. The van der Waals surface area contributed by atoms with Crippen molar-refractivity contribution in [2.24, 2.45) is 0 Å². The number of carbonyl (C=O) groups is 1. The van der Waals surface area contributed by atoms with Crippen molar-refractivity contribution in [2.45, 2.75) is 6.04 Å². The van der Waals surface area contributed by atoms with E-state index in [4.69, 9.17) is 5.73 Å². The van der Waals surface area contributed by atoms with Crippen molar-refractivity contribution in [1.29, 1.82) is 0 Å². The number of aromatic nitrogens is 2. The van der Waals surface area contributed by atoms with Crippen LogP contribution >= 0.6 is 15.9 Å². The van der Waals surface area contributed by atoms with Crippen molar-refractivity contribution in [3.63, 3.8) is 0 Å². The van der Waals surface area contributed by atoms with Crippen molar-refractivity contribution < 1.29 is 23.1 Å². The minimum absolute atomic E-state index is 0.0308. The van der Waals surface area contributed by atoms with Crippen molar-refractivity contribution in [3.05, 3.63) is 56.0 Å². The molecule has 0 saturated carbocycles. The van der Waals surface area contributed by atoms with Gasteiger partial charge in [-0.1, -0.05) is 0 Å². The maximum Gasteiger partial charge on any atom is 0.341 e. The highest BCUT2D eigenvalue weighted by molar-refractivity contribution is 9.10. The number of rotatable bonds is 4. The molecule has 0 amide bonds. The molecule has 2 aromatic heterocycles. The quantitative estimate of drug-likeness (QED) is 0.506. The van der Waals surface area contributed by atoms with Crippen LogP contribution in [0.1, 0.15) is 10.4 Å². The molecule has 0 aliphatic carbocycles. The van der Waals surface area contributed by atoms with Crippen molar-refractivity contribution in [1.82, 2.24) is 14.9 Å². The lowest BCUT2D eigenvalue weighted by Crippen LogP contribution is -2.57. The Morgan fingerprint density at radius 3 is 2.55 bits per heavy atom. The molecule has 1 saturated heterocycles. The average Bonchev–Trinajstić information content (AvgIpc) is 2.67. The summed E-state index contributed by atoms with van der Waals surface area (Å²) in [5.74, 6) is -5.78. The second-order valence-corrected chi connectivity index (χ2v) is 7.81. The number of nitrogens with two attached hydrogens (primary N) is 1. The predicted molar refractivity (Wildman–Crippen MR) is 111 cm³/mol. The fraction of sp³-hybridized carbons (Fsp3) is 0.211. The van der Waals surface area contributed by atoms with Crippen LogP contribution in [-0.4, -0.2) is 46.8 Å². The molecule has 0 atom stereocenters. The van der Waals surface area contributed by atoms with E-state index in [0.717, 1.165) is 16.8 Å². The van der Waals surface area contributed by atoms with Gasteiger partial charge in [0.05, 0.1) is 21.1 Å². The summed E-state index contributed by atoms with van der Waals surface area (Å²) in [7, 11) is 1.77. The number of benzene rings is 1. The van der Waals surface area contributed by atoms with Gasteiger partial charge in [-0.25, -0.2) is 22.9 Å². The molecule has 1 aliphatic rings. The summed E-state index contributed by atoms with van der Waals surface area (Å²) >= 11 is 3.29. The molecule has 4 N–H and O–H groups in total. The lowest BCUT2D eigenvalue weighted by Gasteiger charge is -2.41. The molecule has 8 nitrogen and oxygen atoms in total. The molecule has 1 aromatic carbocycles. The van der Waals surface area contributed by atoms with Gasteiger partial charge in [-0.2, -0.15) is 0 Å². The largest absolute Gasteiger partial charge is 0.477 e. The van der Waals surface area contributed by atoms with E-state index in [2.05, 4.69) is 26.2 Å². The Morgan fingerprint density at radius 1 is 1.26 bits per heavy atom. The molecule has 0 radical (unpaired) electrons. The van der Waals surface area contributed by atoms with Crippen LogP contribution in [-0.2, 0) is 0 Å². The lowest BCUT2D eigenvalue weighted by molar-refractivity contribution is 0.0695.